The molecule has 7 heteroatoms. The molecule has 1 unspecified atom stereocenters. The minimum Gasteiger partial charge on any atom is -0.344 e. The SMILES string of the molecule is O=C(NC(c1ccccc1)c1cccs1)C1CCN(S(=O)(=O)c2ccc3c(c2)CCCC3)CC1. The maximum atomic E-state index is 13.3. The van der Waals surface area contributed by atoms with Crippen LogP contribution < -0.4 is 5.32 Å². The highest BCUT2D eigenvalue weighted by atomic mass is 32.2. The van der Waals surface area contributed by atoms with Gasteiger partial charge in [0.1, 0.15) is 0 Å². The third-order valence-corrected chi connectivity index (χ3v) is 9.86. The fourth-order valence-electron chi connectivity index (χ4n) is 5.06. The van der Waals surface area contributed by atoms with E-state index in [0.29, 0.717) is 30.8 Å². The zero-order valence-corrected chi connectivity index (χ0v) is 20.8. The van der Waals surface area contributed by atoms with Crippen molar-refractivity contribution in [3.05, 3.63) is 87.6 Å². The molecule has 34 heavy (non-hydrogen) atoms. The van der Waals surface area contributed by atoms with Gasteiger partial charge in [0, 0.05) is 23.9 Å². The van der Waals surface area contributed by atoms with Crippen LogP contribution >= 0.6 is 11.3 Å². The van der Waals surface area contributed by atoms with Crippen molar-refractivity contribution in [1.82, 2.24) is 9.62 Å². The van der Waals surface area contributed by atoms with Crippen molar-refractivity contribution in [2.75, 3.05) is 13.1 Å². The van der Waals surface area contributed by atoms with E-state index in [-0.39, 0.29) is 17.9 Å². The summed E-state index contributed by atoms with van der Waals surface area (Å²) in [5.41, 5.74) is 3.49. The number of piperidine rings is 1. The van der Waals surface area contributed by atoms with Crippen LogP contribution in [0.15, 0.2) is 70.9 Å². The van der Waals surface area contributed by atoms with Crippen LogP contribution in [0.5, 0.6) is 0 Å². The lowest BCUT2D eigenvalue weighted by Crippen LogP contribution is -2.43. The molecule has 1 saturated heterocycles. The van der Waals surface area contributed by atoms with Gasteiger partial charge in [0.2, 0.25) is 15.9 Å². The first-order valence-corrected chi connectivity index (χ1v) is 14.3. The first-order chi connectivity index (χ1) is 16.5. The average molecular weight is 495 g/mol. The Labute approximate surface area is 205 Å². The van der Waals surface area contributed by atoms with Gasteiger partial charge in [-0.1, -0.05) is 42.5 Å². The third-order valence-electron chi connectivity index (χ3n) is 7.03. The predicted molar refractivity (Wildman–Crippen MR) is 135 cm³/mol. The molecule has 0 radical (unpaired) electrons. The third kappa shape index (κ3) is 4.83. The number of rotatable bonds is 6. The van der Waals surface area contributed by atoms with Crippen LogP contribution in [0.3, 0.4) is 0 Å². The van der Waals surface area contributed by atoms with Crippen molar-refractivity contribution in [3.63, 3.8) is 0 Å². The Hall–Kier alpha value is -2.48. The minimum atomic E-state index is -3.54. The Morgan fingerprint density at radius 1 is 0.941 bits per heavy atom. The summed E-state index contributed by atoms with van der Waals surface area (Å²) in [4.78, 5) is 14.7. The van der Waals surface area contributed by atoms with Crippen LogP contribution in [0.2, 0.25) is 0 Å². The van der Waals surface area contributed by atoms with Gasteiger partial charge in [-0.3, -0.25) is 4.79 Å². The van der Waals surface area contributed by atoms with Gasteiger partial charge in [-0.05, 0) is 78.8 Å². The van der Waals surface area contributed by atoms with E-state index in [4.69, 9.17) is 0 Å². The maximum absolute atomic E-state index is 13.3. The normalized spacial score (nSPS) is 18.2. The summed E-state index contributed by atoms with van der Waals surface area (Å²) in [6, 6.07) is 19.4. The van der Waals surface area contributed by atoms with E-state index in [2.05, 4.69) is 5.32 Å². The number of sulfonamides is 1. The maximum Gasteiger partial charge on any atom is 0.243 e. The first-order valence-electron chi connectivity index (χ1n) is 12.0. The van der Waals surface area contributed by atoms with Gasteiger partial charge in [-0.25, -0.2) is 8.42 Å². The molecule has 178 valence electrons. The number of carbonyl (C=O) groups excluding carboxylic acids is 1. The summed E-state index contributed by atoms with van der Waals surface area (Å²) in [6.45, 7) is 0.735. The molecule has 5 nitrogen and oxygen atoms in total. The summed E-state index contributed by atoms with van der Waals surface area (Å²) < 4.78 is 28.1. The molecule has 1 aliphatic carbocycles. The summed E-state index contributed by atoms with van der Waals surface area (Å²) in [5, 5.41) is 5.24. The molecule has 1 fully saturated rings. The van der Waals surface area contributed by atoms with Gasteiger partial charge < -0.3 is 5.32 Å². The summed E-state index contributed by atoms with van der Waals surface area (Å²) >= 11 is 1.62. The Bertz CT molecular complexity index is 1230. The van der Waals surface area contributed by atoms with Gasteiger partial charge in [0.05, 0.1) is 10.9 Å². The highest BCUT2D eigenvalue weighted by molar-refractivity contribution is 7.89. The molecule has 3 aromatic rings. The van der Waals surface area contributed by atoms with Crippen molar-refractivity contribution >= 4 is 27.3 Å². The second kappa shape index (κ2) is 10.0. The van der Waals surface area contributed by atoms with Gasteiger partial charge in [-0.15, -0.1) is 11.3 Å². The lowest BCUT2D eigenvalue weighted by atomic mass is 9.92. The van der Waals surface area contributed by atoms with E-state index in [1.165, 1.54) is 17.5 Å². The largest absolute Gasteiger partial charge is 0.344 e. The van der Waals surface area contributed by atoms with E-state index in [1.54, 1.807) is 21.7 Å². The molecule has 2 aliphatic rings. The van der Waals surface area contributed by atoms with Crippen LogP contribution in [0.25, 0.3) is 0 Å². The van der Waals surface area contributed by atoms with E-state index in [0.717, 1.165) is 29.7 Å². The number of amides is 1. The molecular weight excluding hydrogens is 464 g/mol. The average Bonchev–Trinajstić information content (AvgIpc) is 3.42. The fraction of sp³-hybridized carbons (Fsp3) is 0.370. The second-order valence-electron chi connectivity index (χ2n) is 9.18. The zero-order valence-electron chi connectivity index (χ0n) is 19.2. The highest BCUT2D eigenvalue weighted by Crippen LogP contribution is 2.30. The van der Waals surface area contributed by atoms with Crippen LogP contribution in [-0.4, -0.2) is 31.7 Å². The van der Waals surface area contributed by atoms with E-state index in [9.17, 15) is 13.2 Å². The summed E-state index contributed by atoms with van der Waals surface area (Å²) in [5.74, 6) is -0.200. The predicted octanol–water partition coefficient (Wildman–Crippen LogP) is 4.93. The van der Waals surface area contributed by atoms with Crippen molar-refractivity contribution in [2.45, 2.75) is 49.5 Å². The van der Waals surface area contributed by atoms with Gasteiger partial charge in [-0.2, -0.15) is 4.31 Å². The smallest absolute Gasteiger partial charge is 0.243 e. The number of nitrogens with zero attached hydrogens (tertiary/aromatic N) is 1. The van der Waals surface area contributed by atoms with Crippen molar-refractivity contribution in [3.8, 4) is 0 Å². The topological polar surface area (TPSA) is 66.5 Å². The van der Waals surface area contributed by atoms with Crippen LogP contribution in [0, 0.1) is 5.92 Å². The second-order valence-corrected chi connectivity index (χ2v) is 12.1. The van der Waals surface area contributed by atoms with Gasteiger partial charge in [0.25, 0.3) is 0 Å². The standard InChI is InChI=1S/C27H30N2O3S2/c30-27(28-26(25-11-6-18-33-25)21-8-2-1-3-9-21)22-14-16-29(17-15-22)34(31,32)24-13-12-20-7-4-5-10-23(20)19-24/h1-3,6,8-9,11-13,18-19,22,26H,4-5,7,10,14-17H2,(H,28,30). The van der Waals surface area contributed by atoms with Crippen LogP contribution in [-0.2, 0) is 27.7 Å². The molecule has 2 aromatic carbocycles. The number of hydrogen-bond donors (Lipinski definition) is 1. The Kier molecular flexibility index (Phi) is 6.86. The molecule has 1 N–H and O–H groups in total. The fourth-order valence-corrected chi connectivity index (χ4v) is 7.38. The zero-order chi connectivity index (χ0) is 23.5. The number of benzene rings is 2. The number of aryl methyl sites for hydroxylation is 2. The molecule has 1 aliphatic heterocycles. The van der Waals surface area contributed by atoms with Gasteiger partial charge in [0.15, 0.2) is 0 Å². The van der Waals surface area contributed by atoms with Crippen molar-refractivity contribution in [1.29, 1.82) is 0 Å². The molecule has 1 aromatic heterocycles. The number of thiophene rings is 1. The molecule has 0 spiro atoms. The molecule has 2 heterocycles. The lowest BCUT2D eigenvalue weighted by Gasteiger charge is -2.31. The molecule has 5 rings (SSSR count). The molecule has 1 amide bonds. The monoisotopic (exact) mass is 494 g/mol. The van der Waals surface area contributed by atoms with E-state index in [1.807, 2.05) is 60.0 Å². The quantitative estimate of drug-likeness (QED) is 0.528. The van der Waals surface area contributed by atoms with Crippen molar-refractivity contribution < 1.29 is 13.2 Å². The Morgan fingerprint density at radius 2 is 1.68 bits per heavy atom. The minimum absolute atomic E-state index is 0.00641. The molecular formula is C27H30N2O3S2. The molecule has 1 atom stereocenters. The van der Waals surface area contributed by atoms with Crippen LogP contribution in [0.4, 0.5) is 0 Å². The highest BCUT2D eigenvalue weighted by Gasteiger charge is 2.33. The lowest BCUT2D eigenvalue weighted by molar-refractivity contribution is -0.126. The number of carbonyl (C=O) groups is 1. The Balaban J connectivity index is 1.25. The number of fused-ring (bicyclic) bond motifs is 1. The number of hydrogen-bond acceptors (Lipinski definition) is 4. The summed E-state index contributed by atoms with van der Waals surface area (Å²) in [7, 11) is -3.54. The first kappa shape index (κ1) is 23.3. The molecule has 0 saturated carbocycles. The van der Waals surface area contributed by atoms with E-state index < -0.39 is 10.0 Å². The Morgan fingerprint density at radius 3 is 2.38 bits per heavy atom. The van der Waals surface area contributed by atoms with E-state index >= 15 is 0 Å². The summed E-state index contributed by atoms with van der Waals surface area (Å²) in [6.07, 6.45) is 5.34. The molecule has 0 bridgehead atoms. The van der Waals surface area contributed by atoms with Gasteiger partial charge >= 0.3 is 0 Å². The number of nitrogens with one attached hydrogen (secondary N) is 1. The van der Waals surface area contributed by atoms with Crippen LogP contribution in [0.1, 0.15) is 53.3 Å². The van der Waals surface area contributed by atoms with Crippen molar-refractivity contribution in [2.24, 2.45) is 5.92 Å².